The van der Waals surface area contributed by atoms with E-state index in [1.807, 2.05) is 17.8 Å². The maximum Gasteiger partial charge on any atom is 0.269 e. The third kappa shape index (κ3) is 3.43. The van der Waals surface area contributed by atoms with Gasteiger partial charge in [0.05, 0.1) is 11.5 Å². The third-order valence-electron chi connectivity index (χ3n) is 3.51. The van der Waals surface area contributed by atoms with Crippen LogP contribution >= 0.6 is 11.8 Å². The molecule has 1 heterocycles. The normalized spacial score (nSPS) is 19.1. The van der Waals surface area contributed by atoms with Gasteiger partial charge >= 0.3 is 0 Å². The van der Waals surface area contributed by atoms with Crippen LogP contribution in [0.5, 0.6) is 0 Å². The lowest BCUT2D eigenvalue weighted by Crippen LogP contribution is -2.38. The van der Waals surface area contributed by atoms with Gasteiger partial charge in [0.15, 0.2) is 0 Å². The predicted molar refractivity (Wildman–Crippen MR) is 82.6 cm³/mol. The summed E-state index contributed by atoms with van der Waals surface area (Å²) in [6.45, 7) is 4.58. The highest BCUT2D eigenvalue weighted by atomic mass is 32.2. The minimum atomic E-state index is -0.357. The number of rotatable bonds is 5. The van der Waals surface area contributed by atoms with E-state index in [0.717, 1.165) is 36.5 Å². The Morgan fingerprint density at radius 3 is 3.00 bits per heavy atom. The van der Waals surface area contributed by atoms with E-state index in [-0.39, 0.29) is 10.6 Å². The van der Waals surface area contributed by atoms with Crippen LogP contribution in [0.15, 0.2) is 18.2 Å². The molecule has 1 saturated heterocycles. The molecule has 20 heavy (non-hydrogen) atoms. The summed E-state index contributed by atoms with van der Waals surface area (Å²) < 4.78 is 5.19. The van der Waals surface area contributed by atoms with Gasteiger partial charge in [-0.3, -0.25) is 10.1 Å². The Hall–Kier alpha value is -1.27. The van der Waals surface area contributed by atoms with Crippen molar-refractivity contribution in [2.24, 2.45) is 0 Å². The quantitative estimate of drug-likeness (QED) is 0.617. The van der Waals surface area contributed by atoms with Gasteiger partial charge in [0.1, 0.15) is 0 Å². The van der Waals surface area contributed by atoms with Crippen molar-refractivity contribution in [1.82, 2.24) is 0 Å². The van der Waals surface area contributed by atoms with Gasteiger partial charge in [-0.05, 0) is 12.5 Å². The number of nitrogens with zero attached hydrogens (tertiary/aromatic N) is 2. The summed E-state index contributed by atoms with van der Waals surface area (Å²) in [6, 6.07) is 5.06. The standard InChI is InChI=1S/C14H20N2O3S/c1-3-13-9-15(6-7-20-13)14-5-4-12(16(17)18)8-11(14)10-19-2/h4-5,8,13H,3,6-7,9-10H2,1-2H3. The molecule has 1 aromatic rings. The van der Waals surface area contributed by atoms with Crippen LogP contribution in [0, 0.1) is 10.1 Å². The van der Waals surface area contributed by atoms with Crippen LogP contribution in [0.1, 0.15) is 18.9 Å². The maximum absolute atomic E-state index is 10.9. The number of hydrogen-bond donors (Lipinski definition) is 0. The van der Waals surface area contributed by atoms with Crippen molar-refractivity contribution >= 4 is 23.1 Å². The molecule has 1 unspecified atom stereocenters. The van der Waals surface area contributed by atoms with E-state index in [4.69, 9.17) is 4.74 Å². The molecule has 0 aromatic heterocycles. The second-order valence-corrected chi connectivity index (χ2v) is 6.26. The molecular formula is C14H20N2O3S. The minimum absolute atomic E-state index is 0.124. The van der Waals surface area contributed by atoms with Crippen molar-refractivity contribution in [3.8, 4) is 0 Å². The lowest BCUT2D eigenvalue weighted by Gasteiger charge is -2.34. The van der Waals surface area contributed by atoms with Crippen LogP contribution in [0.4, 0.5) is 11.4 Å². The van der Waals surface area contributed by atoms with E-state index in [2.05, 4.69) is 11.8 Å². The highest BCUT2D eigenvalue weighted by Gasteiger charge is 2.22. The van der Waals surface area contributed by atoms with Crippen LogP contribution in [-0.2, 0) is 11.3 Å². The van der Waals surface area contributed by atoms with Gasteiger partial charge in [0, 0.05) is 54.6 Å². The van der Waals surface area contributed by atoms with Gasteiger partial charge in [0.2, 0.25) is 0 Å². The van der Waals surface area contributed by atoms with E-state index >= 15 is 0 Å². The molecule has 0 N–H and O–H groups in total. The minimum Gasteiger partial charge on any atom is -0.380 e. The van der Waals surface area contributed by atoms with E-state index in [9.17, 15) is 10.1 Å². The van der Waals surface area contributed by atoms with Gasteiger partial charge in [-0.1, -0.05) is 6.92 Å². The summed E-state index contributed by atoms with van der Waals surface area (Å²) in [5, 5.41) is 11.5. The molecule has 1 aliphatic rings. The summed E-state index contributed by atoms with van der Waals surface area (Å²) in [7, 11) is 1.61. The fourth-order valence-electron chi connectivity index (χ4n) is 2.45. The van der Waals surface area contributed by atoms with Gasteiger partial charge in [-0.15, -0.1) is 0 Å². The molecule has 5 nitrogen and oxygen atoms in total. The number of nitro benzene ring substituents is 1. The predicted octanol–water partition coefficient (Wildman–Crippen LogP) is 3.07. The number of hydrogen-bond acceptors (Lipinski definition) is 5. The molecule has 0 spiro atoms. The van der Waals surface area contributed by atoms with Crippen molar-refractivity contribution in [1.29, 1.82) is 0 Å². The van der Waals surface area contributed by atoms with Crippen LogP contribution in [-0.4, -0.2) is 36.1 Å². The number of thioether (sulfide) groups is 1. The molecule has 0 amide bonds. The molecule has 1 aromatic carbocycles. The van der Waals surface area contributed by atoms with Crippen LogP contribution in [0.25, 0.3) is 0 Å². The van der Waals surface area contributed by atoms with Gasteiger partial charge in [0.25, 0.3) is 5.69 Å². The summed E-state index contributed by atoms with van der Waals surface area (Å²) >= 11 is 2.01. The molecule has 0 bridgehead atoms. The number of methoxy groups -OCH3 is 1. The summed E-state index contributed by atoms with van der Waals surface area (Å²) in [4.78, 5) is 12.9. The van der Waals surface area contributed by atoms with Crippen molar-refractivity contribution in [2.75, 3.05) is 30.9 Å². The maximum atomic E-state index is 10.9. The Morgan fingerprint density at radius 2 is 2.35 bits per heavy atom. The monoisotopic (exact) mass is 296 g/mol. The van der Waals surface area contributed by atoms with E-state index < -0.39 is 0 Å². The Morgan fingerprint density at radius 1 is 1.55 bits per heavy atom. The Labute approximate surface area is 123 Å². The van der Waals surface area contributed by atoms with Gasteiger partial charge < -0.3 is 9.64 Å². The molecule has 0 aliphatic carbocycles. The first-order valence-electron chi connectivity index (χ1n) is 6.78. The highest BCUT2D eigenvalue weighted by molar-refractivity contribution is 8.00. The SMILES string of the molecule is CCC1CN(c2ccc([N+](=O)[O-])cc2COC)CCS1. The zero-order valence-corrected chi connectivity index (χ0v) is 12.7. The molecule has 1 fully saturated rings. The molecule has 0 saturated carbocycles. The first-order valence-corrected chi connectivity index (χ1v) is 7.83. The fourth-order valence-corrected chi connectivity index (χ4v) is 3.63. The van der Waals surface area contributed by atoms with E-state index in [0.29, 0.717) is 11.9 Å². The zero-order valence-electron chi connectivity index (χ0n) is 11.9. The average Bonchev–Trinajstić information content (AvgIpc) is 2.47. The number of benzene rings is 1. The highest BCUT2D eigenvalue weighted by Crippen LogP contribution is 2.30. The molecule has 110 valence electrons. The summed E-state index contributed by atoms with van der Waals surface area (Å²) in [5.74, 6) is 1.10. The van der Waals surface area contributed by atoms with Crippen molar-refractivity contribution in [3.63, 3.8) is 0 Å². The van der Waals surface area contributed by atoms with E-state index in [1.54, 1.807) is 19.2 Å². The second kappa shape index (κ2) is 6.95. The van der Waals surface area contributed by atoms with Crippen LogP contribution in [0.3, 0.4) is 0 Å². The topological polar surface area (TPSA) is 55.6 Å². The zero-order chi connectivity index (χ0) is 14.5. The van der Waals surface area contributed by atoms with Crippen molar-refractivity contribution in [2.45, 2.75) is 25.2 Å². The van der Waals surface area contributed by atoms with Crippen LogP contribution in [0.2, 0.25) is 0 Å². The largest absolute Gasteiger partial charge is 0.380 e. The molecule has 1 atom stereocenters. The first-order chi connectivity index (χ1) is 9.65. The fraction of sp³-hybridized carbons (Fsp3) is 0.571. The molecular weight excluding hydrogens is 276 g/mol. The summed E-state index contributed by atoms with van der Waals surface area (Å²) in [5.41, 5.74) is 2.08. The Bertz CT molecular complexity index is 481. The van der Waals surface area contributed by atoms with Gasteiger partial charge in [-0.2, -0.15) is 11.8 Å². The Kier molecular flexibility index (Phi) is 5.25. The number of ether oxygens (including phenoxy) is 1. The van der Waals surface area contributed by atoms with Crippen molar-refractivity contribution < 1.29 is 9.66 Å². The Balaban J connectivity index is 2.27. The third-order valence-corrected chi connectivity index (χ3v) is 4.88. The molecule has 6 heteroatoms. The number of nitro groups is 1. The molecule has 1 aliphatic heterocycles. The molecule has 2 rings (SSSR count). The molecule has 0 radical (unpaired) electrons. The number of non-ortho nitro benzene ring substituents is 1. The smallest absolute Gasteiger partial charge is 0.269 e. The average molecular weight is 296 g/mol. The van der Waals surface area contributed by atoms with Gasteiger partial charge in [-0.25, -0.2) is 0 Å². The first kappa shape index (κ1) is 15.1. The second-order valence-electron chi connectivity index (χ2n) is 4.85. The van der Waals surface area contributed by atoms with E-state index in [1.165, 1.54) is 0 Å². The lowest BCUT2D eigenvalue weighted by atomic mass is 10.1. The lowest BCUT2D eigenvalue weighted by molar-refractivity contribution is -0.384. The van der Waals surface area contributed by atoms with Crippen molar-refractivity contribution in [3.05, 3.63) is 33.9 Å². The number of anilines is 1. The van der Waals surface area contributed by atoms with Crippen LogP contribution < -0.4 is 4.90 Å². The summed E-state index contributed by atoms with van der Waals surface area (Å²) in [6.07, 6.45) is 1.15.